The minimum Gasteiger partial charge on any atom is -0.497 e. The number of carboxylic acid groups (broad SMARTS) is 1. The average Bonchev–Trinajstić information content (AvgIpc) is 3.23. The van der Waals surface area contributed by atoms with Crippen LogP contribution in [0.5, 0.6) is 5.75 Å². The molecule has 170 valence electrons. The largest absolute Gasteiger partial charge is 0.497 e. The van der Waals surface area contributed by atoms with E-state index in [4.69, 9.17) is 33.0 Å². The van der Waals surface area contributed by atoms with Crippen molar-refractivity contribution in [3.05, 3.63) is 69.8 Å². The van der Waals surface area contributed by atoms with Crippen molar-refractivity contribution in [1.82, 2.24) is 9.99 Å². The van der Waals surface area contributed by atoms with Crippen LogP contribution < -0.4 is 4.74 Å². The molecule has 9 heteroatoms. The number of carbonyl (C=O) groups is 2. The van der Waals surface area contributed by atoms with Gasteiger partial charge < -0.3 is 9.84 Å². The van der Waals surface area contributed by atoms with Crippen molar-refractivity contribution in [3.63, 3.8) is 0 Å². The highest BCUT2D eigenvalue weighted by atomic mass is 35.5. The highest BCUT2D eigenvalue weighted by Gasteiger charge is 2.34. The summed E-state index contributed by atoms with van der Waals surface area (Å²) in [6, 6.07) is 14.1. The number of hydrogen-bond donors (Lipinski definition) is 1. The summed E-state index contributed by atoms with van der Waals surface area (Å²) in [6.45, 7) is 0. The minimum atomic E-state index is -0.943. The number of pyridine rings is 1. The van der Waals surface area contributed by atoms with Gasteiger partial charge in [0, 0.05) is 35.2 Å². The fourth-order valence-corrected chi connectivity index (χ4v) is 4.21. The van der Waals surface area contributed by atoms with Crippen LogP contribution in [0, 0.1) is 0 Å². The number of aromatic nitrogens is 1. The summed E-state index contributed by atoms with van der Waals surface area (Å²) < 4.78 is 5.32. The van der Waals surface area contributed by atoms with E-state index < -0.39 is 12.0 Å². The smallest absolute Gasteiger partial charge is 0.303 e. The van der Waals surface area contributed by atoms with Gasteiger partial charge >= 0.3 is 5.97 Å². The maximum atomic E-state index is 13.0. The number of hydrogen-bond acceptors (Lipinski definition) is 5. The molecule has 0 fully saturated rings. The quantitative estimate of drug-likeness (QED) is 0.447. The first-order chi connectivity index (χ1) is 15.9. The monoisotopic (exact) mass is 485 g/mol. The number of fused-ring (bicyclic) bond motifs is 1. The molecule has 2 aromatic carbocycles. The number of halogens is 2. The third-order valence-corrected chi connectivity index (χ3v) is 6.04. The third-order valence-electron chi connectivity index (χ3n) is 5.49. The molecule has 7 nitrogen and oxygen atoms in total. The van der Waals surface area contributed by atoms with E-state index in [1.807, 2.05) is 30.3 Å². The van der Waals surface area contributed by atoms with Crippen LogP contribution in [0.4, 0.5) is 0 Å². The molecular weight excluding hydrogens is 465 g/mol. The summed E-state index contributed by atoms with van der Waals surface area (Å²) in [5, 5.41) is 16.6. The first-order valence-electron chi connectivity index (χ1n) is 10.4. The summed E-state index contributed by atoms with van der Waals surface area (Å²) >= 11 is 12.6. The zero-order valence-electron chi connectivity index (χ0n) is 17.8. The Bertz CT molecular complexity index is 1240. The van der Waals surface area contributed by atoms with Crippen molar-refractivity contribution >= 4 is 51.7 Å². The Morgan fingerprint density at radius 1 is 1.12 bits per heavy atom. The molecule has 1 aliphatic heterocycles. The number of benzene rings is 2. The SMILES string of the molecule is COc1ccc2nc(Cl)c(C3CC(c4ccc(Cl)cc4)=NN3C(=O)CCCC(=O)O)cc2c1. The molecular formula is C24H21Cl2N3O4. The number of carboxylic acids is 1. The predicted octanol–water partition coefficient (Wildman–Crippen LogP) is 5.48. The Morgan fingerprint density at radius 3 is 2.58 bits per heavy atom. The van der Waals surface area contributed by atoms with Crippen LogP contribution in [0.25, 0.3) is 10.9 Å². The second kappa shape index (κ2) is 9.77. The van der Waals surface area contributed by atoms with Gasteiger partial charge in [-0.25, -0.2) is 9.99 Å². The maximum Gasteiger partial charge on any atom is 0.303 e. The Kier molecular flexibility index (Phi) is 6.81. The predicted molar refractivity (Wildman–Crippen MR) is 127 cm³/mol. The fraction of sp³-hybridized carbons (Fsp3) is 0.250. The molecule has 4 rings (SSSR count). The van der Waals surface area contributed by atoms with Crippen molar-refractivity contribution < 1.29 is 19.4 Å². The number of rotatable bonds is 7. The normalized spacial score (nSPS) is 15.5. The lowest BCUT2D eigenvalue weighted by Crippen LogP contribution is -2.27. The Morgan fingerprint density at radius 2 is 1.88 bits per heavy atom. The molecule has 0 saturated heterocycles. The van der Waals surface area contributed by atoms with Crippen molar-refractivity contribution in [2.75, 3.05) is 7.11 Å². The number of nitrogens with zero attached hydrogens (tertiary/aromatic N) is 3. The average molecular weight is 486 g/mol. The summed E-state index contributed by atoms with van der Waals surface area (Å²) in [6.07, 6.45) is 0.635. The van der Waals surface area contributed by atoms with Gasteiger partial charge in [-0.3, -0.25) is 9.59 Å². The highest BCUT2D eigenvalue weighted by molar-refractivity contribution is 6.31. The van der Waals surface area contributed by atoms with Crippen LogP contribution in [0.2, 0.25) is 10.2 Å². The minimum absolute atomic E-state index is 0.0622. The third kappa shape index (κ3) is 5.10. The van der Waals surface area contributed by atoms with Crippen LogP contribution in [0.3, 0.4) is 0 Å². The van der Waals surface area contributed by atoms with Gasteiger partial charge in [0.05, 0.1) is 24.4 Å². The lowest BCUT2D eigenvalue weighted by Gasteiger charge is -2.23. The van der Waals surface area contributed by atoms with E-state index in [1.165, 1.54) is 5.01 Å². The fourth-order valence-electron chi connectivity index (χ4n) is 3.81. The van der Waals surface area contributed by atoms with E-state index in [1.54, 1.807) is 25.3 Å². The summed E-state index contributed by atoms with van der Waals surface area (Å²) in [5.74, 6) is -0.530. The number of methoxy groups -OCH3 is 1. The zero-order valence-corrected chi connectivity index (χ0v) is 19.3. The van der Waals surface area contributed by atoms with Crippen molar-refractivity contribution in [1.29, 1.82) is 0 Å². The van der Waals surface area contributed by atoms with Gasteiger partial charge in [-0.2, -0.15) is 5.10 Å². The zero-order chi connectivity index (χ0) is 23.5. The van der Waals surface area contributed by atoms with Crippen LogP contribution in [0.15, 0.2) is 53.6 Å². The summed E-state index contributed by atoms with van der Waals surface area (Å²) in [7, 11) is 1.59. The number of aliphatic carboxylic acids is 1. The van der Waals surface area contributed by atoms with Crippen molar-refractivity contribution in [2.24, 2.45) is 5.10 Å². The lowest BCUT2D eigenvalue weighted by atomic mass is 9.98. The molecule has 1 amide bonds. The number of ether oxygens (including phenoxy) is 1. The maximum absolute atomic E-state index is 13.0. The molecule has 1 aliphatic rings. The van der Waals surface area contributed by atoms with Crippen molar-refractivity contribution in [2.45, 2.75) is 31.7 Å². The van der Waals surface area contributed by atoms with Gasteiger partial charge in [-0.1, -0.05) is 35.3 Å². The topological polar surface area (TPSA) is 92.1 Å². The summed E-state index contributed by atoms with van der Waals surface area (Å²) in [5.41, 5.74) is 2.93. The summed E-state index contributed by atoms with van der Waals surface area (Å²) in [4.78, 5) is 28.4. The Hall–Kier alpha value is -3.16. The standard InChI is InChI=1S/C24H21Cl2N3O4/c1-33-17-9-10-19-15(11-17)12-18(24(26)27-19)21-13-20(14-5-7-16(25)8-6-14)28-29(21)22(30)3-2-4-23(31)32/h5-12,21H,2-4,13H2,1H3,(H,31,32). The van der Waals surface area contributed by atoms with Gasteiger partial charge in [0.1, 0.15) is 10.9 Å². The van der Waals surface area contributed by atoms with E-state index in [9.17, 15) is 9.59 Å². The molecule has 1 aromatic heterocycles. The van der Waals surface area contributed by atoms with Crippen LogP contribution in [0.1, 0.15) is 42.9 Å². The highest BCUT2D eigenvalue weighted by Crippen LogP contribution is 2.38. The second-order valence-corrected chi connectivity index (χ2v) is 8.48. The Balaban J connectivity index is 1.71. The van der Waals surface area contributed by atoms with E-state index in [-0.39, 0.29) is 30.3 Å². The molecule has 0 radical (unpaired) electrons. The van der Waals surface area contributed by atoms with Gasteiger partial charge in [-0.05, 0) is 48.4 Å². The number of carbonyl (C=O) groups excluding carboxylic acids is 1. The molecule has 0 bridgehead atoms. The second-order valence-electron chi connectivity index (χ2n) is 7.69. The molecule has 33 heavy (non-hydrogen) atoms. The molecule has 0 aliphatic carbocycles. The van der Waals surface area contributed by atoms with E-state index >= 15 is 0 Å². The number of hydrazone groups is 1. The van der Waals surface area contributed by atoms with E-state index in [2.05, 4.69) is 10.1 Å². The first-order valence-corrected chi connectivity index (χ1v) is 11.1. The van der Waals surface area contributed by atoms with E-state index in [0.717, 1.165) is 10.9 Å². The van der Waals surface area contributed by atoms with Gasteiger partial charge in [0.25, 0.3) is 0 Å². The Labute approximate surface area is 200 Å². The molecule has 0 spiro atoms. The van der Waals surface area contributed by atoms with Crippen LogP contribution in [-0.2, 0) is 9.59 Å². The molecule has 1 unspecified atom stereocenters. The van der Waals surface area contributed by atoms with Gasteiger partial charge in [-0.15, -0.1) is 0 Å². The van der Waals surface area contributed by atoms with Crippen LogP contribution in [-0.4, -0.2) is 39.8 Å². The van der Waals surface area contributed by atoms with Crippen LogP contribution >= 0.6 is 23.2 Å². The molecule has 2 heterocycles. The van der Waals surface area contributed by atoms with Gasteiger partial charge in [0.2, 0.25) is 5.91 Å². The van der Waals surface area contributed by atoms with Gasteiger partial charge in [0.15, 0.2) is 0 Å². The lowest BCUT2D eigenvalue weighted by molar-refractivity contribution is -0.137. The number of amides is 1. The molecule has 1 N–H and O–H groups in total. The first kappa shape index (κ1) is 23.0. The van der Waals surface area contributed by atoms with Crippen molar-refractivity contribution in [3.8, 4) is 5.75 Å². The molecule has 0 saturated carbocycles. The van der Waals surface area contributed by atoms with E-state index in [0.29, 0.717) is 34.0 Å². The molecule has 1 atom stereocenters. The molecule has 3 aromatic rings.